The summed E-state index contributed by atoms with van der Waals surface area (Å²) in [6.45, 7) is 12.0. The van der Waals surface area contributed by atoms with E-state index in [1.165, 1.54) is 0 Å². The molecular weight excluding hydrogens is 306 g/mol. The Labute approximate surface area is 146 Å². The molecule has 0 amide bonds. The molecule has 0 heterocycles. The maximum Gasteiger partial charge on any atom is 0.324 e. The summed E-state index contributed by atoms with van der Waals surface area (Å²) < 4.78 is 10.7. The zero-order valence-electron chi connectivity index (χ0n) is 16.1. The summed E-state index contributed by atoms with van der Waals surface area (Å²) >= 11 is 0. The summed E-state index contributed by atoms with van der Waals surface area (Å²) in [4.78, 5) is 25.4. The number of ether oxygens (including phenoxy) is 2. The lowest BCUT2D eigenvalue weighted by Gasteiger charge is -2.40. The summed E-state index contributed by atoms with van der Waals surface area (Å²) in [7, 11) is 0. The zero-order valence-corrected chi connectivity index (χ0v) is 16.1. The van der Waals surface area contributed by atoms with Crippen LogP contribution in [0.1, 0.15) is 67.2 Å². The number of carbonyl (C=O) groups is 2. The van der Waals surface area contributed by atoms with Crippen LogP contribution in [0.5, 0.6) is 0 Å². The van der Waals surface area contributed by atoms with E-state index in [1.54, 1.807) is 0 Å². The van der Waals surface area contributed by atoms with E-state index in [4.69, 9.17) is 9.47 Å². The maximum absolute atomic E-state index is 12.9. The fraction of sp³-hybridized carbons (Fsp3) is 0.842. The number of nitrogens with zero attached hydrogens (tertiary/aromatic N) is 1. The lowest BCUT2D eigenvalue weighted by atomic mass is 9.61. The van der Waals surface area contributed by atoms with Gasteiger partial charge in [-0.25, -0.2) is 0 Å². The predicted octanol–water partition coefficient (Wildman–Crippen LogP) is 4.11. The predicted molar refractivity (Wildman–Crippen MR) is 92.9 cm³/mol. The quantitative estimate of drug-likeness (QED) is 0.418. The summed E-state index contributed by atoms with van der Waals surface area (Å²) in [5, 5.41) is 9.65. The van der Waals surface area contributed by atoms with E-state index in [0.29, 0.717) is 6.61 Å². The Morgan fingerprint density at radius 1 is 0.958 bits per heavy atom. The van der Waals surface area contributed by atoms with Gasteiger partial charge in [0.15, 0.2) is 5.92 Å². The maximum atomic E-state index is 12.9. The molecule has 0 aromatic heterocycles. The molecule has 5 heteroatoms. The van der Waals surface area contributed by atoms with Crippen LogP contribution in [0.15, 0.2) is 0 Å². The van der Waals surface area contributed by atoms with Gasteiger partial charge in [0.1, 0.15) is 0 Å². The molecule has 138 valence electrons. The molecule has 0 saturated carbocycles. The number of rotatable bonds is 11. The lowest BCUT2D eigenvalue weighted by molar-refractivity contribution is -0.175. The second-order valence-electron chi connectivity index (χ2n) is 6.82. The molecule has 1 atom stereocenters. The zero-order chi connectivity index (χ0) is 18.8. The van der Waals surface area contributed by atoms with E-state index in [-0.39, 0.29) is 18.4 Å². The Hall–Kier alpha value is -1.57. The number of hydrogen-bond donors (Lipinski definition) is 0. The number of unbranched alkanes of at least 4 members (excludes halogenated alkanes) is 2. The molecule has 0 aromatic carbocycles. The highest BCUT2D eigenvalue weighted by molar-refractivity contribution is 5.87. The van der Waals surface area contributed by atoms with Crippen molar-refractivity contribution in [3.63, 3.8) is 0 Å². The first-order valence-corrected chi connectivity index (χ1v) is 9.03. The molecule has 24 heavy (non-hydrogen) atoms. The average molecular weight is 339 g/mol. The van der Waals surface area contributed by atoms with Crippen LogP contribution in [-0.2, 0) is 19.1 Å². The van der Waals surface area contributed by atoms with Crippen molar-refractivity contribution in [2.75, 3.05) is 13.2 Å². The van der Waals surface area contributed by atoms with Crippen molar-refractivity contribution in [1.29, 1.82) is 5.26 Å². The van der Waals surface area contributed by atoms with Crippen molar-refractivity contribution < 1.29 is 19.1 Å². The van der Waals surface area contributed by atoms with E-state index >= 15 is 0 Å². The molecule has 0 rings (SSSR count). The summed E-state index contributed by atoms with van der Waals surface area (Å²) in [5.74, 6) is -2.71. The molecule has 0 bridgehead atoms. The fourth-order valence-corrected chi connectivity index (χ4v) is 3.11. The van der Waals surface area contributed by atoms with Gasteiger partial charge in [0.25, 0.3) is 0 Å². The second-order valence-corrected chi connectivity index (χ2v) is 6.82. The van der Waals surface area contributed by atoms with Crippen molar-refractivity contribution in [3.8, 4) is 6.07 Å². The van der Waals surface area contributed by atoms with Crippen LogP contribution in [0.4, 0.5) is 0 Å². The van der Waals surface area contributed by atoms with Crippen LogP contribution in [0.25, 0.3) is 0 Å². The van der Waals surface area contributed by atoms with Gasteiger partial charge in [-0.3, -0.25) is 9.59 Å². The van der Waals surface area contributed by atoms with Gasteiger partial charge in [-0.2, -0.15) is 5.26 Å². The Bertz CT molecular complexity index is 429. The normalized spacial score (nSPS) is 12.8. The standard InChI is InChI=1S/C19H33NO4/c1-7-9-11-23-17(21)16(13-20)19(14(3)4,15(5)6)18(22)24-12-10-8-2/h14-16H,7-12H2,1-6H3. The third-order valence-corrected chi connectivity index (χ3v) is 4.58. The van der Waals surface area contributed by atoms with Crippen LogP contribution in [0.3, 0.4) is 0 Å². The van der Waals surface area contributed by atoms with Gasteiger partial charge < -0.3 is 9.47 Å². The molecular formula is C19H33NO4. The number of nitriles is 1. The second kappa shape index (κ2) is 11.1. The minimum atomic E-state index is -1.20. The molecule has 0 saturated heterocycles. The largest absolute Gasteiger partial charge is 0.465 e. The monoisotopic (exact) mass is 339 g/mol. The lowest BCUT2D eigenvalue weighted by Crippen LogP contribution is -2.51. The first-order valence-electron chi connectivity index (χ1n) is 9.03. The number of hydrogen-bond acceptors (Lipinski definition) is 5. The Morgan fingerprint density at radius 3 is 1.79 bits per heavy atom. The minimum Gasteiger partial charge on any atom is -0.465 e. The molecule has 0 aliphatic heterocycles. The van der Waals surface area contributed by atoms with E-state index in [1.807, 2.05) is 47.6 Å². The molecule has 1 unspecified atom stereocenters. The van der Waals surface area contributed by atoms with Crippen LogP contribution in [-0.4, -0.2) is 25.2 Å². The van der Waals surface area contributed by atoms with Gasteiger partial charge in [-0.1, -0.05) is 54.4 Å². The van der Waals surface area contributed by atoms with Gasteiger partial charge in [0.2, 0.25) is 0 Å². The summed E-state index contributed by atoms with van der Waals surface area (Å²) in [5.41, 5.74) is -1.20. The van der Waals surface area contributed by atoms with E-state index in [2.05, 4.69) is 0 Å². The SMILES string of the molecule is CCCCOC(=O)C(C#N)C(C(=O)OCCCC)(C(C)C)C(C)C. The number of esters is 2. The molecule has 0 radical (unpaired) electrons. The van der Waals surface area contributed by atoms with Crippen molar-refractivity contribution in [1.82, 2.24) is 0 Å². The Morgan fingerprint density at radius 2 is 1.42 bits per heavy atom. The smallest absolute Gasteiger partial charge is 0.324 e. The van der Waals surface area contributed by atoms with E-state index in [9.17, 15) is 14.9 Å². The highest BCUT2D eigenvalue weighted by atomic mass is 16.5. The molecule has 5 nitrogen and oxygen atoms in total. The summed E-state index contributed by atoms with van der Waals surface area (Å²) in [6, 6.07) is 2.03. The van der Waals surface area contributed by atoms with Gasteiger partial charge in [0, 0.05) is 0 Å². The van der Waals surface area contributed by atoms with E-state index in [0.717, 1.165) is 25.7 Å². The van der Waals surface area contributed by atoms with Crippen LogP contribution in [0.2, 0.25) is 0 Å². The molecule has 0 spiro atoms. The van der Waals surface area contributed by atoms with Crippen molar-refractivity contribution in [2.24, 2.45) is 23.2 Å². The molecule has 0 aliphatic carbocycles. The van der Waals surface area contributed by atoms with Crippen molar-refractivity contribution in [2.45, 2.75) is 67.2 Å². The molecule has 0 N–H and O–H groups in total. The van der Waals surface area contributed by atoms with Crippen LogP contribution in [0, 0.1) is 34.5 Å². The summed E-state index contributed by atoms with van der Waals surface area (Å²) in [6.07, 6.45) is 3.30. The topological polar surface area (TPSA) is 76.4 Å². The third-order valence-electron chi connectivity index (χ3n) is 4.58. The molecule has 0 fully saturated rings. The van der Waals surface area contributed by atoms with Crippen molar-refractivity contribution in [3.05, 3.63) is 0 Å². The number of carbonyl (C=O) groups excluding carboxylic acids is 2. The molecule has 0 aliphatic rings. The molecule has 0 aromatic rings. The van der Waals surface area contributed by atoms with E-state index < -0.39 is 23.3 Å². The fourth-order valence-electron chi connectivity index (χ4n) is 3.11. The average Bonchev–Trinajstić information content (AvgIpc) is 2.51. The highest BCUT2D eigenvalue weighted by Crippen LogP contribution is 2.45. The minimum absolute atomic E-state index is 0.227. The van der Waals surface area contributed by atoms with Crippen molar-refractivity contribution >= 4 is 11.9 Å². The van der Waals surface area contributed by atoms with Crippen LogP contribution < -0.4 is 0 Å². The Balaban J connectivity index is 5.60. The third kappa shape index (κ3) is 5.22. The van der Waals surface area contributed by atoms with Gasteiger partial charge in [0.05, 0.1) is 24.7 Å². The van der Waals surface area contributed by atoms with Gasteiger partial charge in [-0.15, -0.1) is 0 Å². The first-order chi connectivity index (χ1) is 11.3. The Kier molecular flexibility index (Phi) is 10.3. The van der Waals surface area contributed by atoms with Gasteiger partial charge >= 0.3 is 11.9 Å². The van der Waals surface area contributed by atoms with Crippen LogP contribution >= 0.6 is 0 Å². The first kappa shape index (κ1) is 22.4. The highest BCUT2D eigenvalue weighted by Gasteiger charge is 2.56. The van der Waals surface area contributed by atoms with Gasteiger partial charge in [-0.05, 0) is 24.7 Å².